The van der Waals surface area contributed by atoms with Crippen molar-refractivity contribution in [3.63, 3.8) is 0 Å². The van der Waals surface area contributed by atoms with E-state index in [1.54, 1.807) is 23.3 Å². The van der Waals surface area contributed by atoms with Crippen LogP contribution in [0.2, 0.25) is 23.1 Å². The van der Waals surface area contributed by atoms with Crippen LogP contribution in [-0.4, -0.2) is 5.43 Å². The number of rotatable bonds is 4. The SMILES string of the molecule is C[Si](C)=[Zr+2].Cc1ccc(-c2cc3c(-c4cccc(Cl)c4)c(C)c(C)cc3[cH-]2)o1.Cc1ccc(-c2cc3c(-c4cccc(Cl)c4)c(C)c(C)cc3[cH-]2)o1.Cl.Cl. The molecule has 0 radical (unpaired) electrons. The molecule has 0 amide bonds. The van der Waals surface area contributed by atoms with E-state index >= 15 is 0 Å². The summed E-state index contributed by atoms with van der Waals surface area (Å²) in [6, 6.07) is 37.5. The average Bonchev–Trinajstić information content (AvgIpc) is 3.89. The maximum absolute atomic E-state index is 6.23. The summed E-state index contributed by atoms with van der Waals surface area (Å²) in [4.78, 5) is 0. The fourth-order valence-corrected chi connectivity index (χ4v) is 7.08. The largest absolute Gasteiger partial charge is 0.496 e. The molecule has 2 nitrogen and oxygen atoms in total. The maximum atomic E-state index is 6.23. The second kappa shape index (κ2) is 18.7. The summed E-state index contributed by atoms with van der Waals surface area (Å²) in [5.41, 5.74) is 12.4. The smallest absolute Gasteiger partial charge is 0.0896 e. The molecule has 0 aliphatic rings. The first-order valence-electron chi connectivity index (χ1n) is 17.4. The maximum Gasteiger partial charge on any atom is 0.0896 e. The van der Waals surface area contributed by atoms with Gasteiger partial charge in [-0.25, -0.2) is 0 Å². The summed E-state index contributed by atoms with van der Waals surface area (Å²) in [6.07, 6.45) is 0. The standard InChI is InChI=1S/2C22H18ClO.C2H6Si.2ClH.Zr/c2*1-13-9-17-10-18(21-8-7-14(2)24-21)12-20(17)22(15(13)3)16-5-4-6-19(23)11-16;1-3-2;;;/h2*4-12H,1-3H3;1-2H3;2*1H;/q2*-1;;;;+2. The van der Waals surface area contributed by atoms with Crippen LogP contribution in [0.1, 0.15) is 33.8 Å². The summed E-state index contributed by atoms with van der Waals surface area (Å²) in [7, 11) is 0. The molecule has 276 valence electrons. The predicted molar refractivity (Wildman–Crippen MR) is 236 cm³/mol. The summed E-state index contributed by atoms with van der Waals surface area (Å²) in [5.74, 6) is 3.68. The molecule has 54 heavy (non-hydrogen) atoms. The first-order chi connectivity index (χ1) is 24.8. The van der Waals surface area contributed by atoms with Crippen LogP contribution in [0.15, 0.2) is 118 Å². The van der Waals surface area contributed by atoms with Crippen LogP contribution < -0.4 is 0 Å². The van der Waals surface area contributed by atoms with Crippen LogP contribution in [0.4, 0.5) is 0 Å². The molecule has 0 N–H and O–H groups in total. The fraction of sp³-hybridized carbons (Fsp3) is 0.174. The molecule has 8 aromatic rings. The Morgan fingerprint density at radius 3 is 1.22 bits per heavy atom. The molecule has 2 heterocycles. The molecule has 6 aromatic carbocycles. The number of benzene rings is 4. The summed E-state index contributed by atoms with van der Waals surface area (Å²) in [6.45, 7) is 17.2. The molecule has 2 aromatic heterocycles. The van der Waals surface area contributed by atoms with Crippen molar-refractivity contribution in [3.05, 3.63) is 153 Å². The van der Waals surface area contributed by atoms with Gasteiger partial charge in [0.25, 0.3) is 0 Å². The van der Waals surface area contributed by atoms with Crippen molar-refractivity contribution in [2.45, 2.75) is 54.6 Å². The molecule has 0 aliphatic heterocycles. The number of hydrogen-bond acceptors (Lipinski definition) is 2. The minimum atomic E-state index is 0. The molecule has 8 rings (SSSR count). The molecule has 0 bridgehead atoms. The third kappa shape index (κ3) is 9.83. The number of aryl methyl sites for hydroxylation is 4. The Morgan fingerprint density at radius 2 is 0.907 bits per heavy atom. The van der Waals surface area contributed by atoms with Crippen molar-refractivity contribution < 1.29 is 32.2 Å². The van der Waals surface area contributed by atoms with E-state index in [1.807, 2.05) is 74.5 Å². The van der Waals surface area contributed by atoms with Gasteiger partial charge in [0.2, 0.25) is 0 Å². The van der Waals surface area contributed by atoms with E-state index in [0.717, 1.165) is 55.3 Å². The molecule has 0 saturated carbocycles. The van der Waals surface area contributed by atoms with Crippen molar-refractivity contribution in [3.8, 4) is 44.9 Å². The number of furan rings is 2. The van der Waals surface area contributed by atoms with Gasteiger partial charge in [-0.2, -0.15) is 0 Å². The topological polar surface area (TPSA) is 26.3 Å². The zero-order chi connectivity index (χ0) is 37.3. The molecular formula is C46H44Cl4O2SiZr. The van der Waals surface area contributed by atoms with E-state index in [4.69, 9.17) is 32.0 Å². The van der Waals surface area contributed by atoms with E-state index < -0.39 is 0 Å². The van der Waals surface area contributed by atoms with Gasteiger partial charge >= 0.3 is 41.9 Å². The van der Waals surface area contributed by atoms with Crippen LogP contribution in [0.5, 0.6) is 0 Å². The normalized spacial score (nSPS) is 10.6. The van der Waals surface area contributed by atoms with Crippen LogP contribution in [0.25, 0.3) is 66.4 Å². The second-order valence-corrected chi connectivity index (χ2v) is 24.0. The summed E-state index contributed by atoms with van der Waals surface area (Å²) < 4.78 is 11.6. The van der Waals surface area contributed by atoms with Crippen molar-refractivity contribution in [1.29, 1.82) is 0 Å². The van der Waals surface area contributed by atoms with Crippen LogP contribution >= 0.6 is 48.0 Å². The van der Waals surface area contributed by atoms with E-state index in [9.17, 15) is 0 Å². The molecule has 0 unspecified atom stereocenters. The quantitative estimate of drug-likeness (QED) is 0.130. The van der Waals surface area contributed by atoms with E-state index in [0.29, 0.717) is 0 Å². The van der Waals surface area contributed by atoms with Gasteiger partial charge < -0.3 is 8.83 Å². The third-order valence-corrected chi connectivity index (χ3v) is 9.81. The number of hydrogen-bond donors (Lipinski definition) is 0. The van der Waals surface area contributed by atoms with Crippen LogP contribution in [-0.2, 0) is 23.3 Å². The monoisotopic (exact) mass is 886 g/mol. The van der Waals surface area contributed by atoms with Gasteiger partial charge in [-0.3, -0.25) is 0 Å². The van der Waals surface area contributed by atoms with E-state index in [2.05, 4.69) is 89.3 Å². The zero-order valence-electron chi connectivity index (χ0n) is 31.8. The minimum Gasteiger partial charge on any atom is -0.496 e. The Morgan fingerprint density at radius 1 is 0.537 bits per heavy atom. The first kappa shape index (κ1) is 43.6. The molecular weight excluding hydrogens is 846 g/mol. The molecule has 0 spiro atoms. The van der Waals surface area contributed by atoms with Crippen molar-refractivity contribution >= 4 is 75.0 Å². The van der Waals surface area contributed by atoms with Gasteiger partial charge in [-0.15, -0.1) is 82.8 Å². The van der Waals surface area contributed by atoms with Gasteiger partial charge in [-0.1, -0.05) is 80.8 Å². The summed E-state index contributed by atoms with van der Waals surface area (Å²) >= 11 is 14.2. The molecule has 8 heteroatoms. The van der Waals surface area contributed by atoms with Gasteiger partial charge in [-0.05, 0) is 112 Å². The average molecular weight is 890 g/mol. The van der Waals surface area contributed by atoms with E-state index in [-0.39, 0.29) is 30.2 Å². The van der Waals surface area contributed by atoms with Crippen LogP contribution in [0, 0.1) is 41.5 Å². The zero-order valence-corrected chi connectivity index (χ0v) is 38.4. The summed E-state index contributed by atoms with van der Waals surface area (Å²) in [5, 5.41) is 6.47. The second-order valence-electron chi connectivity index (χ2n) is 13.7. The van der Waals surface area contributed by atoms with Gasteiger partial charge in [0, 0.05) is 10.0 Å². The van der Waals surface area contributed by atoms with Crippen molar-refractivity contribution in [1.82, 2.24) is 0 Å². The minimum absolute atomic E-state index is 0. The Bertz CT molecular complexity index is 2390. The Balaban J connectivity index is 0.000000212. The van der Waals surface area contributed by atoms with Gasteiger partial charge in [0.1, 0.15) is 0 Å². The number of halogens is 4. The first-order valence-corrected chi connectivity index (χ1v) is 24.3. The molecule has 0 fully saturated rings. The van der Waals surface area contributed by atoms with Crippen molar-refractivity contribution in [2.75, 3.05) is 0 Å². The predicted octanol–water partition coefficient (Wildman–Crippen LogP) is 15.8. The number of fused-ring (bicyclic) bond motifs is 2. The molecule has 0 atom stereocenters. The third-order valence-electron chi connectivity index (χ3n) is 9.34. The Kier molecular flexibility index (Phi) is 15.1. The van der Waals surface area contributed by atoms with Crippen molar-refractivity contribution in [2.24, 2.45) is 0 Å². The molecule has 0 aliphatic carbocycles. The van der Waals surface area contributed by atoms with E-state index in [1.165, 1.54) is 54.9 Å². The van der Waals surface area contributed by atoms with Crippen LogP contribution in [0.3, 0.4) is 0 Å². The van der Waals surface area contributed by atoms with Gasteiger partial charge in [0.15, 0.2) is 0 Å². The Labute approximate surface area is 356 Å². The molecule has 0 saturated heterocycles. The fourth-order valence-electron chi connectivity index (χ4n) is 6.70. The van der Waals surface area contributed by atoms with Gasteiger partial charge in [0.05, 0.1) is 23.0 Å². The Hall–Kier alpha value is -3.08.